The Bertz CT molecular complexity index is 953. The quantitative estimate of drug-likeness (QED) is 0.764. The summed E-state index contributed by atoms with van der Waals surface area (Å²) in [5.41, 5.74) is 1.79. The number of ether oxygens (including phenoxy) is 1. The number of hydrogen-bond donors (Lipinski definition) is 0. The number of carbonyl (C=O) groups is 1. The van der Waals surface area contributed by atoms with Crippen molar-refractivity contribution in [3.05, 3.63) is 54.1 Å². The predicted molar refractivity (Wildman–Crippen MR) is 111 cm³/mol. The number of methoxy groups -OCH3 is 1. The molecule has 1 aliphatic rings. The molecule has 1 aliphatic heterocycles. The molecule has 0 radical (unpaired) electrons. The van der Waals surface area contributed by atoms with E-state index in [2.05, 4.69) is 4.90 Å². The van der Waals surface area contributed by atoms with Gasteiger partial charge in [0.05, 0.1) is 30.3 Å². The zero-order chi connectivity index (χ0) is 20.3. The van der Waals surface area contributed by atoms with E-state index in [1.54, 1.807) is 36.3 Å². The number of carbonyl (C=O) groups excluding carboxylic acids is 1. The van der Waals surface area contributed by atoms with Gasteiger partial charge in [-0.25, -0.2) is 8.42 Å². The van der Waals surface area contributed by atoms with Crippen LogP contribution in [0.2, 0.25) is 0 Å². The first kappa shape index (κ1) is 20.0. The van der Waals surface area contributed by atoms with Crippen LogP contribution < -0.4 is 13.9 Å². The lowest BCUT2D eigenvalue weighted by Gasteiger charge is -2.37. The van der Waals surface area contributed by atoms with Gasteiger partial charge in [0.25, 0.3) is 5.91 Å². The molecule has 0 unspecified atom stereocenters. The highest BCUT2D eigenvalue weighted by Gasteiger charge is 2.27. The fourth-order valence-corrected chi connectivity index (χ4v) is 3.84. The molecule has 0 N–H and O–H groups in total. The van der Waals surface area contributed by atoms with E-state index in [4.69, 9.17) is 4.74 Å². The first-order valence-corrected chi connectivity index (χ1v) is 10.9. The second-order valence-electron chi connectivity index (χ2n) is 6.70. The van der Waals surface area contributed by atoms with Gasteiger partial charge in [-0.15, -0.1) is 0 Å². The van der Waals surface area contributed by atoms with Gasteiger partial charge in [-0.05, 0) is 24.3 Å². The third kappa shape index (κ3) is 4.06. The monoisotopic (exact) mass is 403 g/mol. The first-order valence-electron chi connectivity index (χ1n) is 9.03. The molecule has 8 heteroatoms. The van der Waals surface area contributed by atoms with Crippen molar-refractivity contribution in [2.24, 2.45) is 0 Å². The molecule has 3 rings (SSSR count). The van der Waals surface area contributed by atoms with E-state index in [0.29, 0.717) is 37.4 Å². The summed E-state index contributed by atoms with van der Waals surface area (Å²) in [6.07, 6.45) is 1.13. The summed E-state index contributed by atoms with van der Waals surface area (Å²) in [6.45, 7) is 2.45. The lowest BCUT2D eigenvalue weighted by molar-refractivity contribution is 0.0747. The second kappa shape index (κ2) is 8.10. The molecule has 0 aromatic heterocycles. The van der Waals surface area contributed by atoms with Gasteiger partial charge in [0.15, 0.2) is 0 Å². The Balaban J connectivity index is 1.76. The van der Waals surface area contributed by atoms with Crippen LogP contribution in [0.4, 0.5) is 11.4 Å². The van der Waals surface area contributed by atoms with Crippen molar-refractivity contribution < 1.29 is 17.9 Å². The number of nitrogens with zero attached hydrogens (tertiary/aromatic N) is 3. The molecular weight excluding hydrogens is 378 g/mol. The normalized spacial score (nSPS) is 14.7. The van der Waals surface area contributed by atoms with E-state index in [0.717, 1.165) is 22.0 Å². The molecule has 0 saturated carbocycles. The number of piperazine rings is 1. The van der Waals surface area contributed by atoms with Crippen LogP contribution in [-0.4, -0.2) is 65.8 Å². The molecule has 0 spiro atoms. The average Bonchev–Trinajstić information content (AvgIpc) is 2.72. The Morgan fingerprint density at radius 2 is 1.61 bits per heavy atom. The largest absolute Gasteiger partial charge is 0.495 e. The van der Waals surface area contributed by atoms with E-state index in [-0.39, 0.29) is 5.91 Å². The van der Waals surface area contributed by atoms with E-state index in [9.17, 15) is 13.2 Å². The average molecular weight is 404 g/mol. The summed E-state index contributed by atoms with van der Waals surface area (Å²) < 4.78 is 30.4. The topological polar surface area (TPSA) is 70.2 Å². The standard InChI is InChI=1S/C20H25N3O4S/c1-21(28(3,25)26)17-9-5-4-8-16(17)20(24)23-14-12-22(13-15-23)18-10-6-7-11-19(18)27-2/h4-11H,12-15H2,1-3H3. The van der Waals surface area contributed by atoms with Crippen molar-refractivity contribution in [1.82, 2.24) is 4.90 Å². The molecule has 1 fully saturated rings. The minimum atomic E-state index is -3.45. The minimum Gasteiger partial charge on any atom is -0.495 e. The zero-order valence-electron chi connectivity index (χ0n) is 16.3. The van der Waals surface area contributed by atoms with Crippen LogP contribution in [0.1, 0.15) is 10.4 Å². The van der Waals surface area contributed by atoms with Gasteiger partial charge in [-0.2, -0.15) is 0 Å². The lowest BCUT2D eigenvalue weighted by Crippen LogP contribution is -2.49. The lowest BCUT2D eigenvalue weighted by atomic mass is 10.1. The van der Waals surface area contributed by atoms with Gasteiger partial charge in [0.1, 0.15) is 5.75 Å². The smallest absolute Gasteiger partial charge is 0.256 e. The number of amides is 1. The minimum absolute atomic E-state index is 0.161. The summed E-state index contributed by atoms with van der Waals surface area (Å²) >= 11 is 0. The fraction of sp³-hybridized carbons (Fsp3) is 0.350. The molecular formula is C20H25N3O4S. The molecule has 150 valence electrons. The highest BCUT2D eigenvalue weighted by Crippen LogP contribution is 2.29. The van der Waals surface area contributed by atoms with E-state index < -0.39 is 10.0 Å². The molecule has 1 saturated heterocycles. The van der Waals surface area contributed by atoms with Crippen LogP contribution in [0.5, 0.6) is 5.75 Å². The van der Waals surface area contributed by atoms with Crippen LogP contribution in [-0.2, 0) is 10.0 Å². The van der Waals surface area contributed by atoms with Gasteiger partial charge in [-0.3, -0.25) is 9.10 Å². The second-order valence-corrected chi connectivity index (χ2v) is 8.71. The number of para-hydroxylation sites is 3. The first-order chi connectivity index (χ1) is 13.3. The number of sulfonamides is 1. The maximum absolute atomic E-state index is 13.1. The molecule has 0 atom stereocenters. The Morgan fingerprint density at radius 1 is 1.00 bits per heavy atom. The van der Waals surface area contributed by atoms with Crippen LogP contribution in [0.15, 0.2) is 48.5 Å². The fourth-order valence-electron chi connectivity index (χ4n) is 3.32. The number of benzene rings is 2. The van der Waals surface area contributed by atoms with Crippen molar-refractivity contribution in [3.63, 3.8) is 0 Å². The number of hydrogen-bond acceptors (Lipinski definition) is 5. The Kier molecular flexibility index (Phi) is 5.79. The van der Waals surface area contributed by atoms with E-state index in [1.807, 2.05) is 24.3 Å². The maximum Gasteiger partial charge on any atom is 0.256 e. The van der Waals surface area contributed by atoms with E-state index in [1.165, 1.54) is 7.05 Å². The summed E-state index contributed by atoms with van der Waals surface area (Å²) in [7, 11) is -0.349. The van der Waals surface area contributed by atoms with Gasteiger partial charge in [0, 0.05) is 33.2 Å². The Hall–Kier alpha value is -2.74. The zero-order valence-corrected chi connectivity index (χ0v) is 17.1. The molecule has 0 bridgehead atoms. The summed E-state index contributed by atoms with van der Waals surface area (Å²) in [6, 6.07) is 14.6. The van der Waals surface area contributed by atoms with E-state index >= 15 is 0 Å². The third-order valence-corrected chi connectivity index (χ3v) is 6.16. The predicted octanol–water partition coefficient (Wildman–Crippen LogP) is 2.05. The molecule has 2 aromatic carbocycles. The van der Waals surface area contributed by atoms with Crippen molar-refractivity contribution in [1.29, 1.82) is 0 Å². The van der Waals surface area contributed by atoms with Gasteiger partial charge < -0.3 is 14.5 Å². The van der Waals surface area contributed by atoms with Gasteiger partial charge in [0.2, 0.25) is 10.0 Å². The number of anilines is 2. The van der Waals surface area contributed by atoms with Crippen LogP contribution in [0.3, 0.4) is 0 Å². The van der Waals surface area contributed by atoms with Crippen molar-refractivity contribution in [2.45, 2.75) is 0 Å². The molecule has 7 nitrogen and oxygen atoms in total. The highest BCUT2D eigenvalue weighted by molar-refractivity contribution is 7.92. The molecule has 1 amide bonds. The Morgan fingerprint density at radius 3 is 2.25 bits per heavy atom. The SMILES string of the molecule is COc1ccccc1N1CCN(C(=O)c2ccccc2N(C)S(C)(=O)=O)CC1. The summed E-state index contributed by atoms with van der Waals surface area (Å²) in [5.74, 6) is 0.646. The summed E-state index contributed by atoms with van der Waals surface area (Å²) in [5, 5.41) is 0. The highest BCUT2D eigenvalue weighted by atomic mass is 32.2. The molecule has 2 aromatic rings. The van der Waals surface area contributed by atoms with Crippen molar-refractivity contribution >= 4 is 27.3 Å². The number of rotatable bonds is 5. The van der Waals surface area contributed by atoms with Gasteiger partial charge >= 0.3 is 0 Å². The molecule has 1 heterocycles. The molecule has 28 heavy (non-hydrogen) atoms. The Labute approximate surface area is 166 Å². The van der Waals surface area contributed by atoms with Crippen LogP contribution in [0, 0.1) is 0 Å². The van der Waals surface area contributed by atoms with Crippen LogP contribution >= 0.6 is 0 Å². The van der Waals surface area contributed by atoms with Gasteiger partial charge in [-0.1, -0.05) is 24.3 Å². The van der Waals surface area contributed by atoms with Crippen molar-refractivity contribution in [2.75, 3.05) is 55.8 Å². The maximum atomic E-state index is 13.1. The van der Waals surface area contributed by atoms with Crippen LogP contribution in [0.25, 0.3) is 0 Å². The third-order valence-electron chi connectivity index (χ3n) is 4.96. The summed E-state index contributed by atoms with van der Waals surface area (Å²) in [4.78, 5) is 17.0. The molecule has 0 aliphatic carbocycles. The van der Waals surface area contributed by atoms with Crippen molar-refractivity contribution in [3.8, 4) is 5.75 Å².